The van der Waals surface area contributed by atoms with E-state index >= 15 is 0 Å². The summed E-state index contributed by atoms with van der Waals surface area (Å²) in [5.41, 5.74) is 0.209. The lowest BCUT2D eigenvalue weighted by Gasteiger charge is -2.50. The molecule has 5 nitrogen and oxygen atoms in total. The minimum Gasteiger partial charge on any atom is -0.480 e. The van der Waals surface area contributed by atoms with Gasteiger partial charge in [0.25, 0.3) is 0 Å². The molecule has 3 fully saturated rings. The van der Waals surface area contributed by atoms with Crippen LogP contribution in [0.2, 0.25) is 0 Å². The van der Waals surface area contributed by atoms with Crippen LogP contribution in [-0.4, -0.2) is 71.8 Å². The van der Waals surface area contributed by atoms with Crippen LogP contribution in [0.25, 0.3) is 0 Å². The summed E-state index contributed by atoms with van der Waals surface area (Å²) in [5.74, 6) is -0.715. The Morgan fingerprint density at radius 2 is 2.00 bits per heavy atom. The fraction of sp³-hybridized carbons (Fsp3) is 0.929. The number of hydrogen-bond donors (Lipinski definition) is 1. The molecule has 19 heavy (non-hydrogen) atoms. The van der Waals surface area contributed by atoms with Crippen molar-refractivity contribution < 1.29 is 14.6 Å². The van der Waals surface area contributed by atoms with E-state index in [0.29, 0.717) is 6.04 Å². The molecule has 0 aromatic carbocycles. The first kappa shape index (κ1) is 13.3. The molecule has 1 unspecified atom stereocenters. The average Bonchev–Trinajstić information content (AvgIpc) is 2.37. The quantitative estimate of drug-likeness (QED) is 0.820. The van der Waals surface area contributed by atoms with Crippen molar-refractivity contribution in [3.05, 3.63) is 0 Å². The van der Waals surface area contributed by atoms with Crippen molar-refractivity contribution in [3.8, 4) is 0 Å². The molecular weight excluding hydrogens is 244 g/mol. The molecule has 2 heterocycles. The van der Waals surface area contributed by atoms with E-state index in [0.717, 1.165) is 39.2 Å². The predicted molar refractivity (Wildman–Crippen MR) is 71.2 cm³/mol. The number of nitrogens with zero attached hydrogens (tertiary/aromatic N) is 2. The molecular formula is C14H24N2O3. The maximum absolute atomic E-state index is 10.7. The Hall–Kier alpha value is -0.650. The topological polar surface area (TPSA) is 53.0 Å². The van der Waals surface area contributed by atoms with E-state index in [4.69, 9.17) is 9.84 Å². The molecule has 1 saturated carbocycles. The highest BCUT2D eigenvalue weighted by Gasteiger charge is 2.44. The molecule has 108 valence electrons. The van der Waals surface area contributed by atoms with Crippen LogP contribution in [0.1, 0.15) is 32.1 Å². The average molecular weight is 268 g/mol. The van der Waals surface area contributed by atoms with Gasteiger partial charge in [0.05, 0.1) is 12.1 Å². The van der Waals surface area contributed by atoms with E-state index in [1.54, 1.807) is 0 Å². The fourth-order valence-corrected chi connectivity index (χ4v) is 3.71. The Balaban J connectivity index is 1.49. The predicted octanol–water partition coefficient (Wildman–Crippen LogP) is 0.790. The number of hydrogen-bond acceptors (Lipinski definition) is 4. The highest BCUT2D eigenvalue weighted by atomic mass is 16.5. The Bertz CT molecular complexity index is 336. The smallest absolute Gasteiger partial charge is 0.317 e. The first-order valence-corrected chi connectivity index (χ1v) is 7.49. The van der Waals surface area contributed by atoms with Gasteiger partial charge in [0.15, 0.2) is 0 Å². The lowest BCUT2D eigenvalue weighted by Crippen LogP contribution is -2.56. The Morgan fingerprint density at radius 3 is 2.58 bits per heavy atom. The summed E-state index contributed by atoms with van der Waals surface area (Å²) in [7, 11) is 0. The fourth-order valence-electron chi connectivity index (χ4n) is 3.71. The third-order valence-electron chi connectivity index (χ3n) is 5.01. The van der Waals surface area contributed by atoms with E-state index in [1.165, 1.54) is 25.7 Å². The zero-order valence-electron chi connectivity index (χ0n) is 11.5. The van der Waals surface area contributed by atoms with Crippen LogP contribution in [0, 0.1) is 0 Å². The van der Waals surface area contributed by atoms with Gasteiger partial charge in [0.1, 0.15) is 0 Å². The van der Waals surface area contributed by atoms with Crippen LogP contribution < -0.4 is 0 Å². The lowest BCUT2D eigenvalue weighted by molar-refractivity contribution is -0.151. The molecule has 0 aromatic rings. The molecule has 0 amide bonds. The molecule has 5 heteroatoms. The number of rotatable bonds is 3. The number of ether oxygens (including phenoxy) is 1. The second-order valence-electron chi connectivity index (χ2n) is 6.24. The molecule has 1 spiro atoms. The minimum atomic E-state index is -0.715. The minimum absolute atomic E-state index is 0.186. The summed E-state index contributed by atoms with van der Waals surface area (Å²) in [6.07, 6.45) is 6.12. The van der Waals surface area contributed by atoms with Crippen molar-refractivity contribution >= 4 is 5.97 Å². The van der Waals surface area contributed by atoms with Gasteiger partial charge in [-0.3, -0.25) is 14.6 Å². The lowest BCUT2D eigenvalue weighted by atomic mass is 9.73. The Kier molecular flexibility index (Phi) is 3.78. The van der Waals surface area contributed by atoms with E-state index in [2.05, 4.69) is 4.90 Å². The van der Waals surface area contributed by atoms with E-state index in [1.807, 2.05) is 4.90 Å². The van der Waals surface area contributed by atoms with Crippen LogP contribution in [-0.2, 0) is 9.53 Å². The number of carbonyl (C=O) groups is 1. The van der Waals surface area contributed by atoms with Crippen molar-refractivity contribution in [2.24, 2.45) is 0 Å². The molecule has 3 aliphatic rings. The zero-order chi connectivity index (χ0) is 13.3. The van der Waals surface area contributed by atoms with Gasteiger partial charge < -0.3 is 9.84 Å². The van der Waals surface area contributed by atoms with Gasteiger partial charge in [-0.25, -0.2) is 0 Å². The largest absolute Gasteiger partial charge is 0.480 e. The first-order valence-electron chi connectivity index (χ1n) is 7.49. The molecule has 0 aromatic heterocycles. The van der Waals surface area contributed by atoms with E-state index < -0.39 is 5.97 Å². The molecule has 1 atom stereocenters. The van der Waals surface area contributed by atoms with Gasteiger partial charge in [-0.2, -0.15) is 0 Å². The molecule has 3 rings (SSSR count). The third-order valence-corrected chi connectivity index (χ3v) is 5.01. The second-order valence-corrected chi connectivity index (χ2v) is 6.24. The van der Waals surface area contributed by atoms with Crippen molar-refractivity contribution in [2.75, 3.05) is 39.3 Å². The summed E-state index contributed by atoms with van der Waals surface area (Å²) in [6, 6.07) is 0.654. The monoisotopic (exact) mass is 268 g/mol. The van der Waals surface area contributed by atoms with Gasteiger partial charge >= 0.3 is 5.97 Å². The SMILES string of the molecule is O=C(O)CN1CCN(C2CCOC3(CCC3)C2)CC1. The van der Waals surface area contributed by atoms with Crippen LogP contribution in [0.3, 0.4) is 0 Å². The van der Waals surface area contributed by atoms with Gasteiger partial charge in [-0.05, 0) is 32.1 Å². The van der Waals surface area contributed by atoms with Gasteiger partial charge in [0, 0.05) is 38.8 Å². The van der Waals surface area contributed by atoms with Gasteiger partial charge in [-0.1, -0.05) is 0 Å². The van der Waals surface area contributed by atoms with Crippen LogP contribution in [0.5, 0.6) is 0 Å². The van der Waals surface area contributed by atoms with Crippen LogP contribution in [0.4, 0.5) is 0 Å². The normalized spacial score (nSPS) is 32.1. The molecule has 2 aliphatic heterocycles. The number of carboxylic acid groups (broad SMARTS) is 1. The summed E-state index contributed by atoms with van der Waals surface area (Å²) in [5, 5.41) is 8.82. The second kappa shape index (κ2) is 5.38. The van der Waals surface area contributed by atoms with Crippen molar-refractivity contribution in [3.63, 3.8) is 0 Å². The maximum atomic E-state index is 10.7. The summed E-state index contributed by atoms with van der Waals surface area (Å²) >= 11 is 0. The number of carboxylic acids is 1. The maximum Gasteiger partial charge on any atom is 0.317 e. The van der Waals surface area contributed by atoms with Gasteiger partial charge in [-0.15, -0.1) is 0 Å². The summed E-state index contributed by atoms with van der Waals surface area (Å²) < 4.78 is 5.98. The zero-order valence-corrected chi connectivity index (χ0v) is 11.5. The van der Waals surface area contributed by atoms with E-state index in [-0.39, 0.29) is 12.1 Å². The highest BCUT2D eigenvalue weighted by molar-refractivity contribution is 5.69. The highest BCUT2D eigenvalue weighted by Crippen LogP contribution is 2.43. The molecule has 1 aliphatic carbocycles. The summed E-state index contributed by atoms with van der Waals surface area (Å²) in [6.45, 7) is 4.88. The van der Waals surface area contributed by atoms with E-state index in [9.17, 15) is 4.79 Å². The van der Waals surface area contributed by atoms with Crippen molar-refractivity contribution in [1.82, 2.24) is 9.80 Å². The van der Waals surface area contributed by atoms with Crippen LogP contribution in [0.15, 0.2) is 0 Å². The van der Waals surface area contributed by atoms with Crippen LogP contribution >= 0.6 is 0 Å². The number of piperazine rings is 1. The molecule has 2 saturated heterocycles. The standard InChI is InChI=1S/C14H24N2O3/c17-13(18)11-15-5-7-16(8-6-15)12-2-9-19-14(10-12)3-1-4-14/h12H,1-11H2,(H,17,18). The molecule has 1 N–H and O–H groups in total. The summed E-state index contributed by atoms with van der Waals surface area (Å²) in [4.78, 5) is 15.3. The number of aliphatic carboxylic acids is 1. The third kappa shape index (κ3) is 2.93. The Labute approximate surface area is 114 Å². The van der Waals surface area contributed by atoms with Crippen molar-refractivity contribution in [1.29, 1.82) is 0 Å². The van der Waals surface area contributed by atoms with Crippen molar-refractivity contribution in [2.45, 2.75) is 43.7 Å². The first-order chi connectivity index (χ1) is 9.17. The molecule has 0 bridgehead atoms. The van der Waals surface area contributed by atoms with Gasteiger partial charge in [0.2, 0.25) is 0 Å². The Morgan fingerprint density at radius 1 is 1.26 bits per heavy atom. The molecule has 0 radical (unpaired) electrons.